The van der Waals surface area contributed by atoms with Gasteiger partial charge in [-0.05, 0) is 0 Å². The minimum Gasteiger partial charge on any atom is -0.461 e. The van der Waals surface area contributed by atoms with Gasteiger partial charge in [0, 0.05) is 11.8 Å². The van der Waals surface area contributed by atoms with E-state index in [0.717, 1.165) is 0 Å². The van der Waals surface area contributed by atoms with Gasteiger partial charge in [0.25, 0.3) is 0 Å². The first-order valence-electron chi connectivity index (χ1n) is 3.74. The van der Waals surface area contributed by atoms with Crippen molar-refractivity contribution in [1.82, 2.24) is 0 Å². The Morgan fingerprint density at radius 2 is 2.18 bits per heavy atom. The van der Waals surface area contributed by atoms with Crippen molar-refractivity contribution in [1.29, 1.82) is 0 Å². The number of halogens is 1. The van der Waals surface area contributed by atoms with E-state index in [9.17, 15) is 9.90 Å². The molecule has 6 atom stereocenters. The van der Waals surface area contributed by atoms with Crippen LogP contribution in [0.2, 0.25) is 0 Å². The maximum atomic E-state index is 11.0. The Balaban J connectivity index is 2.00. The van der Waals surface area contributed by atoms with Gasteiger partial charge < -0.3 is 9.84 Å². The van der Waals surface area contributed by atoms with Crippen molar-refractivity contribution in [3.63, 3.8) is 0 Å². The summed E-state index contributed by atoms with van der Waals surface area (Å²) in [5.74, 6) is 0.447. The van der Waals surface area contributed by atoms with Gasteiger partial charge in [0.2, 0.25) is 0 Å². The zero-order chi connectivity index (χ0) is 7.75. The minimum absolute atomic E-state index is 0.0276. The summed E-state index contributed by atoms with van der Waals surface area (Å²) in [4.78, 5) is 11.0. The van der Waals surface area contributed by atoms with E-state index in [1.165, 1.54) is 0 Å². The molecule has 3 aliphatic rings. The Bertz CT molecular complexity index is 236. The van der Waals surface area contributed by atoms with Crippen molar-refractivity contribution >= 4 is 21.9 Å². The lowest BCUT2D eigenvalue weighted by Gasteiger charge is -2.13. The highest BCUT2D eigenvalue weighted by molar-refractivity contribution is 9.09. The number of hydrogen-bond donors (Lipinski definition) is 1. The Morgan fingerprint density at radius 1 is 1.45 bits per heavy atom. The molecule has 1 heterocycles. The zero-order valence-corrected chi connectivity index (χ0v) is 7.19. The van der Waals surface area contributed by atoms with E-state index in [-0.39, 0.29) is 34.8 Å². The Morgan fingerprint density at radius 3 is 2.73 bits per heavy atom. The van der Waals surface area contributed by atoms with Crippen LogP contribution in [-0.4, -0.2) is 28.1 Å². The van der Waals surface area contributed by atoms with E-state index in [0.29, 0.717) is 5.92 Å². The molecule has 3 fully saturated rings. The van der Waals surface area contributed by atoms with Gasteiger partial charge in [0.15, 0.2) is 0 Å². The van der Waals surface area contributed by atoms with E-state index < -0.39 is 0 Å². The van der Waals surface area contributed by atoms with Crippen LogP contribution in [-0.2, 0) is 9.53 Å². The van der Waals surface area contributed by atoms with Crippen LogP contribution < -0.4 is 0 Å². The fraction of sp³-hybridized carbons (Fsp3) is 0.857. The first kappa shape index (κ1) is 6.43. The highest BCUT2D eigenvalue weighted by Crippen LogP contribution is 2.64. The fourth-order valence-corrected chi connectivity index (χ4v) is 3.32. The minimum atomic E-state index is -0.374. The molecule has 3 nitrogen and oxygen atoms in total. The van der Waals surface area contributed by atoms with Crippen molar-refractivity contribution in [2.24, 2.45) is 17.8 Å². The van der Waals surface area contributed by atoms with Gasteiger partial charge in [-0.15, -0.1) is 0 Å². The van der Waals surface area contributed by atoms with E-state index in [4.69, 9.17) is 4.74 Å². The maximum absolute atomic E-state index is 11.0. The second-order valence-corrected chi connectivity index (χ2v) is 4.57. The molecular formula is C7H7BrO3. The molecule has 0 spiro atoms. The first-order chi connectivity index (χ1) is 5.22. The summed E-state index contributed by atoms with van der Waals surface area (Å²) in [6.07, 6.45) is -0.422. The average Bonchev–Trinajstić information content (AvgIpc) is 2.58. The Hall–Kier alpha value is -0.0900. The molecule has 1 N–H and O–H groups in total. The molecule has 0 aromatic heterocycles. The first-order valence-corrected chi connectivity index (χ1v) is 4.66. The summed E-state index contributed by atoms with van der Waals surface area (Å²) in [7, 11) is 0. The van der Waals surface area contributed by atoms with Crippen LogP contribution in [0.15, 0.2) is 0 Å². The van der Waals surface area contributed by atoms with Crippen LogP contribution in [0.25, 0.3) is 0 Å². The molecule has 1 saturated heterocycles. The van der Waals surface area contributed by atoms with Gasteiger partial charge in [-0.3, -0.25) is 4.79 Å². The molecule has 2 saturated carbocycles. The molecular weight excluding hydrogens is 212 g/mol. The van der Waals surface area contributed by atoms with Crippen LogP contribution in [0.1, 0.15) is 0 Å². The van der Waals surface area contributed by atoms with E-state index >= 15 is 0 Å². The summed E-state index contributed by atoms with van der Waals surface area (Å²) in [5, 5.41) is 9.53. The quantitative estimate of drug-likeness (QED) is 0.457. The number of carbonyl (C=O) groups is 1. The predicted molar refractivity (Wildman–Crippen MR) is 39.1 cm³/mol. The van der Waals surface area contributed by atoms with Crippen LogP contribution in [0.4, 0.5) is 0 Å². The van der Waals surface area contributed by atoms with Gasteiger partial charge in [0.1, 0.15) is 6.10 Å². The predicted octanol–water partition coefficient (Wildman–Crippen LogP) is -0.0880. The number of alkyl halides is 1. The van der Waals surface area contributed by atoms with Gasteiger partial charge in [-0.1, -0.05) is 15.9 Å². The highest BCUT2D eigenvalue weighted by atomic mass is 79.9. The van der Waals surface area contributed by atoms with Gasteiger partial charge >= 0.3 is 5.97 Å². The number of hydrogen-bond acceptors (Lipinski definition) is 3. The molecule has 0 aromatic rings. The van der Waals surface area contributed by atoms with E-state index in [1.54, 1.807) is 0 Å². The molecule has 0 aromatic carbocycles. The smallest absolute Gasteiger partial charge is 0.310 e. The number of esters is 1. The topological polar surface area (TPSA) is 46.5 Å². The lowest BCUT2D eigenvalue weighted by molar-refractivity contribution is -0.144. The summed E-state index contributed by atoms with van der Waals surface area (Å²) in [6, 6.07) is 0. The van der Waals surface area contributed by atoms with Crippen molar-refractivity contribution in [2.45, 2.75) is 17.0 Å². The summed E-state index contributed by atoms with van der Waals surface area (Å²) >= 11 is 3.33. The van der Waals surface area contributed by atoms with E-state index in [1.807, 2.05) is 0 Å². The number of aliphatic hydroxyl groups excluding tert-OH is 1. The van der Waals surface area contributed by atoms with Crippen molar-refractivity contribution in [3.8, 4) is 0 Å². The van der Waals surface area contributed by atoms with Crippen LogP contribution >= 0.6 is 15.9 Å². The third kappa shape index (κ3) is 0.539. The molecule has 0 bridgehead atoms. The maximum Gasteiger partial charge on any atom is 0.310 e. The Labute approximate surface area is 71.8 Å². The fourth-order valence-electron chi connectivity index (χ4n) is 2.51. The summed E-state index contributed by atoms with van der Waals surface area (Å²) < 4.78 is 5.05. The second-order valence-electron chi connectivity index (χ2n) is 3.52. The van der Waals surface area contributed by atoms with E-state index in [2.05, 4.69) is 15.9 Å². The molecule has 60 valence electrons. The molecule has 11 heavy (non-hydrogen) atoms. The number of ether oxygens (including phenoxy) is 1. The monoisotopic (exact) mass is 218 g/mol. The molecule has 3 rings (SSSR count). The molecule has 0 radical (unpaired) electrons. The second kappa shape index (κ2) is 1.64. The highest BCUT2D eigenvalue weighted by Gasteiger charge is 2.75. The molecule has 4 heteroatoms. The van der Waals surface area contributed by atoms with Crippen LogP contribution in [0.3, 0.4) is 0 Å². The van der Waals surface area contributed by atoms with Crippen molar-refractivity contribution in [2.75, 3.05) is 0 Å². The normalized spacial score (nSPS) is 64.4. The largest absolute Gasteiger partial charge is 0.461 e. The molecule has 6 unspecified atom stereocenters. The molecule has 2 aliphatic carbocycles. The lowest BCUT2D eigenvalue weighted by Crippen LogP contribution is -2.26. The standard InChI is InChI=1S/C7H7BrO3/c8-4-5(9)1-2-3(1)7(10)11-6(2)4/h1-6,9H. The molecule has 0 amide bonds. The average molecular weight is 219 g/mol. The zero-order valence-electron chi connectivity index (χ0n) is 5.61. The van der Waals surface area contributed by atoms with Gasteiger partial charge in [-0.2, -0.15) is 0 Å². The lowest BCUT2D eigenvalue weighted by atomic mass is 10.1. The third-order valence-electron chi connectivity index (χ3n) is 3.07. The number of rotatable bonds is 0. The van der Waals surface area contributed by atoms with Crippen LogP contribution in [0, 0.1) is 17.8 Å². The number of fused-ring (bicyclic) bond motifs is 1. The van der Waals surface area contributed by atoms with Gasteiger partial charge in [-0.25, -0.2) is 0 Å². The SMILES string of the molecule is O=C1OC2C(Br)C(O)C3C1C23. The summed E-state index contributed by atoms with van der Waals surface area (Å²) in [5.41, 5.74) is 0. The van der Waals surface area contributed by atoms with Crippen molar-refractivity contribution < 1.29 is 14.6 Å². The summed E-state index contributed by atoms with van der Waals surface area (Å²) in [6.45, 7) is 0. The number of aliphatic hydroxyl groups is 1. The third-order valence-corrected chi connectivity index (χ3v) is 4.13. The number of carbonyl (C=O) groups excluding carboxylic acids is 1. The van der Waals surface area contributed by atoms with Crippen LogP contribution in [0.5, 0.6) is 0 Å². The van der Waals surface area contributed by atoms with Gasteiger partial charge in [0.05, 0.1) is 16.8 Å². The van der Waals surface area contributed by atoms with Crippen molar-refractivity contribution in [3.05, 3.63) is 0 Å². The molecule has 1 aliphatic heterocycles. The Kier molecular flexibility index (Phi) is 0.958.